The zero-order chi connectivity index (χ0) is 20.9. The van der Waals surface area contributed by atoms with Crippen LogP contribution in [0.4, 0.5) is 5.13 Å². The lowest BCUT2D eigenvalue weighted by molar-refractivity contribution is -0.120. The zero-order valence-electron chi connectivity index (χ0n) is 16.8. The molecular formula is C20H24N6O3S. The van der Waals surface area contributed by atoms with E-state index < -0.39 is 0 Å². The predicted octanol–water partition coefficient (Wildman–Crippen LogP) is 2.52. The van der Waals surface area contributed by atoms with Crippen LogP contribution in [0.2, 0.25) is 0 Å². The van der Waals surface area contributed by atoms with Crippen molar-refractivity contribution in [1.29, 1.82) is 0 Å². The fourth-order valence-electron chi connectivity index (χ4n) is 3.50. The highest BCUT2D eigenvalue weighted by Gasteiger charge is 2.16. The SMILES string of the molecule is Cc1occc1C(=O)Nc1nc(CC(=O)NCCc2nnc3n2CCCCC3)cs1. The van der Waals surface area contributed by atoms with Gasteiger partial charge in [-0.1, -0.05) is 6.42 Å². The van der Waals surface area contributed by atoms with Gasteiger partial charge >= 0.3 is 0 Å². The van der Waals surface area contributed by atoms with Crippen LogP contribution in [0, 0.1) is 6.92 Å². The van der Waals surface area contributed by atoms with Crippen molar-refractivity contribution in [3.8, 4) is 0 Å². The Morgan fingerprint density at radius 2 is 2.17 bits per heavy atom. The molecule has 0 unspecified atom stereocenters. The minimum absolute atomic E-state index is 0.112. The molecule has 2 N–H and O–H groups in total. The lowest BCUT2D eigenvalue weighted by atomic mass is 10.2. The number of rotatable bonds is 7. The maximum atomic E-state index is 12.3. The quantitative estimate of drug-likeness (QED) is 0.598. The molecule has 0 saturated heterocycles. The van der Waals surface area contributed by atoms with Crippen LogP contribution >= 0.6 is 11.3 Å². The highest BCUT2D eigenvalue weighted by molar-refractivity contribution is 7.14. The minimum Gasteiger partial charge on any atom is -0.469 e. The zero-order valence-corrected chi connectivity index (χ0v) is 17.6. The molecule has 2 amide bonds. The number of furan rings is 1. The summed E-state index contributed by atoms with van der Waals surface area (Å²) in [6, 6.07) is 1.61. The molecule has 0 aliphatic carbocycles. The Kier molecular flexibility index (Phi) is 6.22. The molecule has 3 aromatic heterocycles. The van der Waals surface area contributed by atoms with Gasteiger partial charge in [0.2, 0.25) is 5.91 Å². The van der Waals surface area contributed by atoms with Gasteiger partial charge in [-0.05, 0) is 25.8 Å². The number of nitrogens with one attached hydrogen (secondary N) is 2. The summed E-state index contributed by atoms with van der Waals surface area (Å²) in [5, 5.41) is 16.4. The number of fused-ring (bicyclic) bond motifs is 1. The minimum atomic E-state index is -0.279. The number of hydrogen-bond donors (Lipinski definition) is 2. The molecular weight excluding hydrogens is 404 g/mol. The van der Waals surface area contributed by atoms with Crippen molar-refractivity contribution in [2.24, 2.45) is 0 Å². The second-order valence-corrected chi connectivity index (χ2v) is 8.12. The number of anilines is 1. The summed E-state index contributed by atoms with van der Waals surface area (Å²) < 4.78 is 7.33. The van der Waals surface area contributed by atoms with E-state index in [1.807, 2.05) is 0 Å². The van der Waals surface area contributed by atoms with Crippen LogP contribution in [0.3, 0.4) is 0 Å². The fraction of sp³-hybridized carbons (Fsp3) is 0.450. The molecule has 4 heterocycles. The largest absolute Gasteiger partial charge is 0.469 e. The number of carbonyl (C=O) groups excluding carboxylic acids is 2. The van der Waals surface area contributed by atoms with Gasteiger partial charge in [-0.2, -0.15) is 0 Å². The number of carbonyl (C=O) groups is 2. The van der Waals surface area contributed by atoms with Crippen molar-refractivity contribution in [2.45, 2.75) is 52.0 Å². The fourth-order valence-corrected chi connectivity index (χ4v) is 4.21. The molecule has 4 rings (SSSR count). The number of thiazole rings is 1. The Balaban J connectivity index is 1.25. The Bertz CT molecular complexity index is 1040. The highest BCUT2D eigenvalue weighted by atomic mass is 32.1. The van der Waals surface area contributed by atoms with Crippen molar-refractivity contribution in [1.82, 2.24) is 25.1 Å². The van der Waals surface area contributed by atoms with E-state index in [2.05, 4.69) is 30.4 Å². The standard InChI is InChI=1S/C20H24N6O3S/c1-13-15(7-10-29-13)19(28)23-20-22-14(12-30-20)11-18(27)21-8-6-17-25-24-16-5-3-2-4-9-26(16)17/h7,10,12H,2-6,8-9,11H2,1H3,(H,21,27)(H,22,23,28). The predicted molar refractivity (Wildman–Crippen MR) is 112 cm³/mol. The van der Waals surface area contributed by atoms with Crippen molar-refractivity contribution < 1.29 is 14.0 Å². The van der Waals surface area contributed by atoms with Crippen LogP contribution in [0.25, 0.3) is 0 Å². The van der Waals surface area contributed by atoms with Gasteiger partial charge in [-0.15, -0.1) is 21.5 Å². The second kappa shape index (κ2) is 9.21. The molecule has 10 heteroatoms. The Hall–Kier alpha value is -3.01. The summed E-state index contributed by atoms with van der Waals surface area (Å²) in [7, 11) is 0. The van der Waals surface area contributed by atoms with Crippen LogP contribution in [0.1, 0.15) is 52.7 Å². The number of hydrogen-bond acceptors (Lipinski definition) is 7. The molecule has 1 aliphatic rings. The maximum absolute atomic E-state index is 12.3. The summed E-state index contributed by atoms with van der Waals surface area (Å²) in [6.45, 7) is 3.19. The molecule has 0 aromatic carbocycles. The van der Waals surface area contributed by atoms with E-state index in [9.17, 15) is 9.59 Å². The average Bonchev–Trinajstić information content (AvgIpc) is 3.39. The molecule has 9 nitrogen and oxygen atoms in total. The van der Waals surface area contributed by atoms with Gasteiger partial charge in [0.15, 0.2) is 5.13 Å². The van der Waals surface area contributed by atoms with E-state index in [-0.39, 0.29) is 18.2 Å². The van der Waals surface area contributed by atoms with E-state index in [0.717, 1.165) is 37.5 Å². The van der Waals surface area contributed by atoms with Crippen LogP contribution in [0.5, 0.6) is 0 Å². The molecule has 0 fully saturated rings. The van der Waals surface area contributed by atoms with Gasteiger partial charge in [0.25, 0.3) is 5.91 Å². The Labute approximate surface area is 177 Å². The van der Waals surface area contributed by atoms with Crippen molar-refractivity contribution in [3.63, 3.8) is 0 Å². The number of aryl methyl sites for hydroxylation is 2. The van der Waals surface area contributed by atoms with E-state index in [0.29, 0.717) is 35.1 Å². The van der Waals surface area contributed by atoms with Crippen LogP contribution in [-0.4, -0.2) is 38.1 Å². The van der Waals surface area contributed by atoms with Crippen molar-refractivity contribution in [2.75, 3.05) is 11.9 Å². The third-order valence-electron chi connectivity index (χ3n) is 5.07. The molecule has 0 radical (unpaired) electrons. The monoisotopic (exact) mass is 428 g/mol. The van der Waals surface area contributed by atoms with Crippen molar-refractivity contribution >= 4 is 28.3 Å². The topological polar surface area (TPSA) is 115 Å². The smallest absolute Gasteiger partial charge is 0.260 e. The Morgan fingerprint density at radius 1 is 1.27 bits per heavy atom. The van der Waals surface area contributed by atoms with Crippen LogP contribution in [-0.2, 0) is 30.6 Å². The summed E-state index contributed by atoms with van der Waals surface area (Å²) >= 11 is 1.29. The summed E-state index contributed by atoms with van der Waals surface area (Å²) in [5.74, 6) is 2.14. The summed E-state index contributed by atoms with van der Waals surface area (Å²) in [4.78, 5) is 28.8. The lowest BCUT2D eigenvalue weighted by Gasteiger charge is -2.07. The first-order chi connectivity index (χ1) is 14.6. The van der Waals surface area contributed by atoms with Gasteiger partial charge in [0.05, 0.1) is 23.9 Å². The second-order valence-electron chi connectivity index (χ2n) is 7.26. The summed E-state index contributed by atoms with van der Waals surface area (Å²) in [5.41, 5.74) is 1.09. The third-order valence-corrected chi connectivity index (χ3v) is 5.88. The lowest BCUT2D eigenvalue weighted by Crippen LogP contribution is -2.28. The van der Waals surface area contributed by atoms with Gasteiger partial charge in [0, 0.05) is 31.3 Å². The summed E-state index contributed by atoms with van der Waals surface area (Å²) in [6.07, 6.45) is 6.79. The molecule has 0 bridgehead atoms. The van der Waals surface area contributed by atoms with E-state index >= 15 is 0 Å². The molecule has 0 saturated carbocycles. The molecule has 1 aliphatic heterocycles. The van der Waals surface area contributed by atoms with Crippen molar-refractivity contribution in [3.05, 3.63) is 46.4 Å². The number of amides is 2. The van der Waals surface area contributed by atoms with Gasteiger partial charge < -0.3 is 14.3 Å². The van der Waals surface area contributed by atoms with E-state index in [1.165, 1.54) is 24.0 Å². The first-order valence-electron chi connectivity index (χ1n) is 10.1. The normalized spacial score (nSPS) is 13.5. The first kappa shape index (κ1) is 20.3. The molecule has 158 valence electrons. The number of aromatic nitrogens is 4. The number of nitrogens with zero attached hydrogens (tertiary/aromatic N) is 4. The average molecular weight is 429 g/mol. The molecule has 0 atom stereocenters. The molecule has 3 aromatic rings. The molecule has 0 spiro atoms. The van der Waals surface area contributed by atoms with Crippen LogP contribution < -0.4 is 10.6 Å². The Morgan fingerprint density at radius 3 is 3.00 bits per heavy atom. The highest BCUT2D eigenvalue weighted by Crippen LogP contribution is 2.18. The van der Waals surface area contributed by atoms with Gasteiger partial charge in [0.1, 0.15) is 17.4 Å². The first-order valence-corrected chi connectivity index (χ1v) is 11.0. The third kappa shape index (κ3) is 4.76. The van der Waals surface area contributed by atoms with Crippen LogP contribution in [0.15, 0.2) is 22.1 Å². The molecule has 30 heavy (non-hydrogen) atoms. The van der Waals surface area contributed by atoms with E-state index in [4.69, 9.17) is 4.42 Å². The van der Waals surface area contributed by atoms with E-state index in [1.54, 1.807) is 18.4 Å². The van der Waals surface area contributed by atoms with Gasteiger partial charge in [-0.3, -0.25) is 14.9 Å². The van der Waals surface area contributed by atoms with Gasteiger partial charge in [-0.25, -0.2) is 4.98 Å². The maximum Gasteiger partial charge on any atom is 0.260 e.